The summed E-state index contributed by atoms with van der Waals surface area (Å²) < 4.78 is 16.5. The number of nitrogens with zero attached hydrogens (tertiary/aromatic N) is 1. The fourth-order valence-electron chi connectivity index (χ4n) is 2.47. The van der Waals surface area contributed by atoms with E-state index in [-0.39, 0.29) is 5.91 Å². The molecule has 1 saturated heterocycles. The molecule has 0 bridgehead atoms. The fourth-order valence-corrected chi connectivity index (χ4v) is 2.47. The molecule has 1 unspecified atom stereocenters. The van der Waals surface area contributed by atoms with Crippen molar-refractivity contribution in [1.29, 1.82) is 0 Å². The zero-order chi connectivity index (χ0) is 18.2. The highest BCUT2D eigenvalue weighted by Crippen LogP contribution is 2.05. The molecule has 1 heterocycles. The predicted octanol–water partition coefficient (Wildman–Crippen LogP) is 0.494. The third-order valence-electron chi connectivity index (χ3n) is 4.30. The first-order valence-electron chi connectivity index (χ1n) is 9.65. The number of ether oxygens (including phenoxy) is 3. The minimum Gasteiger partial charge on any atom is -0.378 e. The van der Waals surface area contributed by atoms with E-state index in [0.29, 0.717) is 51.9 Å². The first-order chi connectivity index (χ1) is 12.2. The Labute approximate surface area is 152 Å². The minimum atomic E-state index is 0.104. The predicted molar refractivity (Wildman–Crippen MR) is 98.8 cm³/mol. The summed E-state index contributed by atoms with van der Waals surface area (Å²) in [5, 5.41) is 6.21. The van der Waals surface area contributed by atoms with Gasteiger partial charge >= 0.3 is 0 Å². The van der Waals surface area contributed by atoms with Gasteiger partial charge in [0.1, 0.15) is 0 Å². The van der Waals surface area contributed by atoms with Crippen LogP contribution >= 0.6 is 0 Å². The van der Waals surface area contributed by atoms with Crippen molar-refractivity contribution in [2.24, 2.45) is 5.92 Å². The van der Waals surface area contributed by atoms with Gasteiger partial charge in [-0.3, -0.25) is 9.69 Å². The summed E-state index contributed by atoms with van der Waals surface area (Å²) in [5.74, 6) is 0.542. The van der Waals surface area contributed by atoms with Crippen LogP contribution < -0.4 is 10.6 Å². The number of piperazine rings is 1. The molecule has 1 atom stereocenters. The Balaban J connectivity index is 1.75. The van der Waals surface area contributed by atoms with Crippen molar-refractivity contribution < 1.29 is 19.0 Å². The van der Waals surface area contributed by atoms with Gasteiger partial charge in [0, 0.05) is 45.7 Å². The van der Waals surface area contributed by atoms with Crippen LogP contribution in [0.15, 0.2) is 0 Å². The van der Waals surface area contributed by atoms with Crippen molar-refractivity contribution in [3.05, 3.63) is 0 Å². The van der Waals surface area contributed by atoms with Gasteiger partial charge in [-0.25, -0.2) is 0 Å². The minimum absolute atomic E-state index is 0.104. The lowest BCUT2D eigenvalue weighted by molar-refractivity contribution is -0.122. The third kappa shape index (κ3) is 13.2. The standard InChI is InChI=1S/C18H37N3O4/c1-3-17(2)16-18(22)20-6-10-23-12-14-25-15-13-24-11-9-21-7-4-19-5-8-21/h17,19H,3-16H2,1-2H3,(H,20,22). The molecule has 7 nitrogen and oxygen atoms in total. The monoisotopic (exact) mass is 359 g/mol. The van der Waals surface area contributed by atoms with Gasteiger partial charge in [-0.15, -0.1) is 0 Å². The van der Waals surface area contributed by atoms with Gasteiger partial charge < -0.3 is 24.8 Å². The summed E-state index contributed by atoms with van der Waals surface area (Å²) in [6.07, 6.45) is 1.62. The van der Waals surface area contributed by atoms with Gasteiger partial charge in [-0.2, -0.15) is 0 Å². The molecule has 1 aliphatic rings. The quantitative estimate of drug-likeness (QED) is 0.415. The smallest absolute Gasteiger partial charge is 0.220 e. The molecule has 7 heteroatoms. The van der Waals surface area contributed by atoms with Crippen molar-refractivity contribution in [1.82, 2.24) is 15.5 Å². The Bertz CT molecular complexity index is 325. The van der Waals surface area contributed by atoms with Crippen LogP contribution in [0.4, 0.5) is 0 Å². The number of nitrogens with one attached hydrogen (secondary N) is 2. The maximum absolute atomic E-state index is 11.6. The van der Waals surface area contributed by atoms with E-state index in [4.69, 9.17) is 14.2 Å². The van der Waals surface area contributed by atoms with Crippen LogP contribution in [0.3, 0.4) is 0 Å². The number of hydrogen-bond acceptors (Lipinski definition) is 6. The Morgan fingerprint density at radius 2 is 1.64 bits per heavy atom. The van der Waals surface area contributed by atoms with E-state index in [2.05, 4.69) is 29.4 Å². The van der Waals surface area contributed by atoms with Crippen molar-refractivity contribution in [3.63, 3.8) is 0 Å². The summed E-state index contributed by atoms with van der Waals surface area (Å²) in [4.78, 5) is 14.0. The first kappa shape index (κ1) is 22.3. The molecule has 1 fully saturated rings. The number of carbonyl (C=O) groups excluding carboxylic acids is 1. The van der Waals surface area contributed by atoms with Gasteiger partial charge in [0.25, 0.3) is 0 Å². The molecule has 0 aliphatic carbocycles. The molecule has 1 amide bonds. The number of rotatable bonds is 15. The molecule has 2 N–H and O–H groups in total. The lowest BCUT2D eigenvalue weighted by Crippen LogP contribution is -2.44. The summed E-state index contributed by atoms with van der Waals surface area (Å²) in [6.45, 7) is 13.7. The Kier molecular flexibility index (Phi) is 13.8. The van der Waals surface area contributed by atoms with Gasteiger partial charge in [0.15, 0.2) is 0 Å². The van der Waals surface area contributed by atoms with E-state index in [1.165, 1.54) is 0 Å². The second kappa shape index (κ2) is 15.5. The van der Waals surface area contributed by atoms with E-state index in [1.54, 1.807) is 0 Å². The lowest BCUT2D eigenvalue weighted by Gasteiger charge is -2.26. The van der Waals surface area contributed by atoms with Crippen molar-refractivity contribution in [2.45, 2.75) is 26.7 Å². The highest BCUT2D eigenvalue weighted by molar-refractivity contribution is 5.76. The fraction of sp³-hybridized carbons (Fsp3) is 0.944. The molecule has 25 heavy (non-hydrogen) atoms. The molecule has 1 aliphatic heterocycles. The zero-order valence-corrected chi connectivity index (χ0v) is 16.1. The van der Waals surface area contributed by atoms with E-state index >= 15 is 0 Å². The normalized spacial score (nSPS) is 16.7. The molecule has 1 rings (SSSR count). The van der Waals surface area contributed by atoms with Gasteiger partial charge in [0.05, 0.1) is 39.6 Å². The Morgan fingerprint density at radius 1 is 1.04 bits per heavy atom. The summed E-state index contributed by atoms with van der Waals surface area (Å²) >= 11 is 0. The molecular formula is C18H37N3O4. The summed E-state index contributed by atoms with van der Waals surface area (Å²) in [5.41, 5.74) is 0. The Morgan fingerprint density at radius 3 is 2.28 bits per heavy atom. The van der Waals surface area contributed by atoms with E-state index < -0.39 is 0 Å². The maximum Gasteiger partial charge on any atom is 0.220 e. The lowest BCUT2D eigenvalue weighted by atomic mass is 10.1. The molecule has 0 aromatic heterocycles. The van der Waals surface area contributed by atoms with E-state index in [1.807, 2.05) is 0 Å². The van der Waals surface area contributed by atoms with Crippen LogP contribution in [0.2, 0.25) is 0 Å². The third-order valence-corrected chi connectivity index (χ3v) is 4.30. The maximum atomic E-state index is 11.6. The number of carbonyl (C=O) groups is 1. The SMILES string of the molecule is CCC(C)CC(=O)NCCOCCOCCOCCN1CCNCC1. The number of amides is 1. The van der Waals surface area contributed by atoms with Gasteiger partial charge in [0.2, 0.25) is 5.91 Å². The highest BCUT2D eigenvalue weighted by atomic mass is 16.5. The van der Waals surface area contributed by atoms with Crippen molar-refractivity contribution in [2.75, 3.05) is 78.9 Å². The summed E-state index contributed by atoms with van der Waals surface area (Å²) in [7, 11) is 0. The largest absolute Gasteiger partial charge is 0.378 e. The molecule has 148 valence electrons. The second-order valence-corrected chi connectivity index (χ2v) is 6.50. The Hall–Kier alpha value is -0.730. The second-order valence-electron chi connectivity index (χ2n) is 6.50. The molecule has 0 saturated carbocycles. The van der Waals surface area contributed by atoms with Crippen molar-refractivity contribution in [3.8, 4) is 0 Å². The number of hydrogen-bond donors (Lipinski definition) is 2. The molecule has 0 radical (unpaired) electrons. The van der Waals surface area contributed by atoms with Crippen LogP contribution in [-0.4, -0.2) is 89.7 Å². The van der Waals surface area contributed by atoms with E-state index in [9.17, 15) is 4.79 Å². The van der Waals surface area contributed by atoms with Crippen LogP contribution in [0, 0.1) is 5.92 Å². The molecular weight excluding hydrogens is 322 g/mol. The van der Waals surface area contributed by atoms with Crippen LogP contribution in [-0.2, 0) is 19.0 Å². The molecule has 0 spiro atoms. The highest BCUT2D eigenvalue weighted by Gasteiger charge is 2.08. The topological polar surface area (TPSA) is 72.1 Å². The summed E-state index contributed by atoms with van der Waals surface area (Å²) in [6, 6.07) is 0. The van der Waals surface area contributed by atoms with Crippen LogP contribution in [0.1, 0.15) is 26.7 Å². The van der Waals surface area contributed by atoms with E-state index in [0.717, 1.165) is 45.8 Å². The van der Waals surface area contributed by atoms with Crippen LogP contribution in [0.25, 0.3) is 0 Å². The van der Waals surface area contributed by atoms with Gasteiger partial charge in [-0.05, 0) is 5.92 Å². The van der Waals surface area contributed by atoms with Crippen LogP contribution in [0.5, 0.6) is 0 Å². The van der Waals surface area contributed by atoms with Crippen molar-refractivity contribution >= 4 is 5.91 Å². The van der Waals surface area contributed by atoms with Gasteiger partial charge in [-0.1, -0.05) is 20.3 Å². The first-order valence-corrected chi connectivity index (χ1v) is 9.65. The molecule has 0 aromatic carbocycles. The average molecular weight is 360 g/mol. The zero-order valence-electron chi connectivity index (χ0n) is 16.1. The molecule has 0 aromatic rings. The average Bonchev–Trinajstić information content (AvgIpc) is 2.63.